The third-order valence-electron chi connectivity index (χ3n) is 3.39. The van der Waals surface area contributed by atoms with Gasteiger partial charge in [0.25, 0.3) is 0 Å². The van der Waals surface area contributed by atoms with Crippen LogP contribution in [0.2, 0.25) is 0 Å². The van der Waals surface area contributed by atoms with Gasteiger partial charge in [0.15, 0.2) is 0 Å². The maximum Gasteiger partial charge on any atom is 0.233 e. The van der Waals surface area contributed by atoms with E-state index in [4.69, 9.17) is 5.11 Å². The van der Waals surface area contributed by atoms with Gasteiger partial charge in [-0.05, 0) is 26.2 Å². The smallest absolute Gasteiger partial charge is 0.233 e. The van der Waals surface area contributed by atoms with Crippen molar-refractivity contribution in [3.05, 3.63) is 0 Å². The molecular weight excluding hydrogens is 246 g/mol. The van der Waals surface area contributed by atoms with Crippen LogP contribution >= 0.6 is 0 Å². The Labute approximate surface area is 114 Å². The first-order valence-electron chi connectivity index (χ1n) is 6.91. The lowest BCUT2D eigenvalue weighted by Gasteiger charge is -2.31. The topological polar surface area (TPSA) is 81.7 Å². The highest BCUT2D eigenvalue weighted by atomic mass is 16.3. The van der Waals surface area contributed by atoms with Crippen molar-refractivity contribution in [2.75, 3.05) is 26.7 Å². The molecule has 1 fully saturated rings. The third-order valence-corrected chi connectivity index (χ3v) is 3.39. The van der Waals surface area contributed by atoms with Crippen LogP contribution in [0.25, 0.3) is 0 Å². The van der Waals surface area contributed by atoms with E-state index < -0.39 is 6.10 Å². The number of hydrogen-bond acceptors (Lipinski definition) is 4. The van der Waals surface area contributed by atoms with Crippen LogP contribution in [0.1, 0.15) is 32.6 Å². The highest BCUT2D eigenvalue weighted by Gasteiger charge is 2.21. The number of likely N-dealkylation sites (tertiary alicyclic amines) is 1. The summed E-state index contributed by atoms with van der Waals surface area (Å²) in [5, 5.41) is 14.7. The summed E-state index contributed by atoms with van der Waals surface area (Å²) in [4.78, 5) is 25.0. The van der Waals surface area contributed by atoms with Crippen LogP contribution in [0.3, 0.4) is 0 Å². The number of carbonyl (C=O) groups excluding carboxylic acids is 2. The fourth-order valence-electron chi connectivity index (χ4n) is 2.16. The van der Waals surface area contributed by atoms with Gasteiger partial charge in [-0.25, -0.2) is 0 Å². The lowest BCUT2D eigenvalue weighted by Crippen LogP contribution is -2.47. The van der Waals surface area contributed by atoms with E-state index in [2.05, 4.69) is 15.5 Å². The molecule has 1 rings (SSSR count). The molecule has 110 valence electrons. The van der Waals surface area contributed by atoms with Crippen molar-refractivity contribution in [3.63, 3.8) is 0 Å². The number of amides is 2. The van der Waals surface area contributed by atoms with E-state index in [-0.39, 0.29) is 17.9 Å². The molecule has 0 radical (unpaired) electrons. The van der Waals surface area contributed by atoms with Gasteiger partial charge in [0, 0.05) is 32.6 Å². The number of nitrogens with one attached hydrogen (secondary N) is 2. The number of likely N-dealkylation sites (N-methyl/N-ethyl adjacent to an activating group) is 1. The van der Waals surface area contributed by atoms with E-state index in [1.165, 1.54) is 0 Å². The lowest BCUT2D eigenvalue weighted by molar-refractivity contribution is -0.124. The molecule has 2 amide bonds. The number of hydrogen-bond donors (Lipinski definition) is 3. The molecule has 3 N–H and O–H groups in total. The van der Waals surface area contributed by atoms with Crippen molar-refractivity contribution in [2.24, 2.45) is 0 Å². The highest BCUT2D eigenvalue weighted by Crippen LogP contribution is 2.10. The largest absolute Gasteiger partial charge is 0.393 e. The zero-order chi connectivity index (χ0) is 14.3. The molecule has 1 aliphatic heterocycles. The summed E-state index contributed by atoms with van der Waals surface area (Å²) in [6, 6.07) is 0.197. The Morgan fingerprint density at radius 3 is 2.47 bits per heavy atom. The minimum atomic E-state index is -0.430. The Hall–Kier alpha value is -1.14. The maximum atomic E-state index is 11.6. The van der Waals surface area contributed by atoms with E-state index in [1.54, 1.807) is 14.0 Å². The summed E-state index contributed by atoms with van der Waals surface area (Å²) in [6.07, 6.45) is 2.19. The van der Waals surface area contributed by atoms with E-state index >= 15 is 0 Å². The number of nitrogens with zero attached hydrogens (tertiary/aromatic N) is 1. The van der Waals surface area contributed by atoms with Gasteiger partial charge in [0.05, 0.1) is 12.6 Å². The van der Waals surface area contributed by atoms with E-state index in [0.717, 1.165) is 25.9 Å². The minimum absolute atomic E-state index is 0.00523. The summed E-state index contributed by atoms with van der Waals surface area (Å²) in [7, 11) is 1.64. The average Bonchev–Trinajstić information content (AvgIpc) is 2.38. The second-order valence-corrected chi connectivity index (χ2v) is 5.18. The quantitative estimate of drug-likeness (QED) is 0.607. The second kappa shape index (κ2) is 8.12. The van der Waals surface area contributed by atoms with Crippen LogP contribution < -0.4 is 10.6 Å². The molecule has 1 heterocycles. The van der Waals surface area contributed by atoms with E-state index in [9.17, 15) is 9.59 Å². The molecule has 1 saturated heterocycles. The standard InChI is InChI=1S/C13H25N3O3/c1-10(17)3-4-12(18)15-11-5-7-16(8-6-11)9-13(19)14-2/h10-11,17H,3-9H2,1-2H3,(H,14,19)(H,15,18). The molecule has 0 aromatic heterocycles. The molecule has 6 heteroatoms. The molecule has 19 heavy (non-hydrogen) atoms. The van der Waals surface area contributed by atoms with Gasteiger partial charge >= 0.3 is 0 Å². The zero-order valence-electron chi connectivity index (χ0n) is 11.8. The Bertz CT molecular complexity index is 300. The molecule has 0 aliphatic carbocycles. The van der Waals surface area contributed by atoms with Crippen LogP contribution in [0, 0.1) is 0 Å². The van der Waals surface area contributed by atoms with Gasteiger partial charge in [-0.3, -0.25) is 14.5 Å². The SMILES string of the molecule is CNC(=O)CN1CCC(NC(=O)CCC(C)O)CC1. The summed E-state index contributed by atoms with van der Waals surface area (Å²) in [6.45, 7) is 3.77. The molecule has 0 bridgehead atoms. The maximum absolute atomic E-state index is 11.6. The van der Waals surface area contributed by atoms with Gasteiger partial charge in [-0.2, -0.15) is 0 Å². The van der Waals surface area contributed by atoms with Crippen molar-refractivity contribution < 1.29 is 14.7 Å². The molecule has 6 nitrogen and oxygen atoms in total. The number of aliphatic hydroxyl groups is 1. The minimum Gasteiger partial charge on any atom is -0.393 e. The van der Waals surface area contributed by atoms with Crippen molar-refractivity contribution in [1.82, 2.24) is 15.5 Å². The molecular formula is C13H25N3O3. The lowest BCUT2D eigenvalue weighted by atomic mass is 10.0. The van der Waals surface area contributed by atoms with Gasteiger partial charge in [0.1, 0.15) is 0 Å². The highest BCUT2D eigenvalue weighted by molar-refractivity contribution is 5.77. The Balaban J connectivity index is 2.19. The van der Waals surface area contributed by atoms with Crippen LogP contribution in [-0.2, 0) is 9.59 Å². The summed E-state index contributed by atoms with van der Waals surface area (Å²) >= 11 is 0. The first-order chi connectivity index (χ1) is 9.01. The molecule has 1 atom stereocenters. The number of carbonyl (C=O) groups is 2. The van der Waals surface area contributed by atoms with Gasteiger partial charge in [0.2, 0.25) is 11.8 Å². The van der Waals surface area contributed by atoms with Crippen LogP contribution in [0.5, 0.6) is 0 Å². The van der Waals surface area contributed by atoms with E-state index in [1.807, 2.05) is 0 Å². The fraction of sp³-hybridized carbons (Fsp3) is 0.846. The van der Waals surface area contributed by atoms with Gasteiger partial charge in [-0.15, -0.1) is 0 Å². The number of aliphatic hydroxyl groups excluding tert-OH is 1. The predicted molar refractivity (Wildman–Crippen MR) is 72.6 cm³/mol. The number of piperidine rings is 1. The van der Waals surface area contributed by atoms with Gasteiger partial charge < -0.3 is 15.7 Å². The Morgan fingerprint density at radius 1 is 1.32 bits per heavy atom. The first-order valence-corrected chi connectivity index (χ1v) is 6.91. The van der Waals surface area contributed by atoms with Gasteiger partial charge in [-0.1, -0.05) is 0 Å². The van der Waals surface area contributed by atoms with Crippen molar-refractivity contribution in [1.29, 1.82) is 0 Å². The Kier molecular flexibility index (Phi) is 6.80. The van der Waals surface area contributed by atoms with Crippen LogP contribution in [0.4, 0.5) is 0 Å². The molecule has 0 aromatic carbocycles. The first kappa shape index (κ1) is 15.9. The zero-order valence-corrected chi connectivity index (χ0v) is 11.8. The fourth-order valence-corrected chi connectivity index (χ4v) is 2.16. The third kappa shape index (κ3) is 6.54. The van der Waals surface area contributed by atoms with Crippen LogP contribution in [-0.4, -0.2) is 60.6 Å². The van der Waals surface area contributed by atoms with Crippen molar-refractivity contribution >= 4 is 11.8 Å². The van der Waals surface area contributed by atoms with E-state index in [0.29, 0.717) is 19.4 Å². The van der Waals surface area contributed by atoms with Crippen molar-refractivity contribution in [3.8, 4) is 0 Å². The van der Waals surface area contributed by atoms with Crippen molar-refractivity contribution in [2.45, 2.75) is 44.8 Å². The predicted octanol–water partition coefficient (Wildman–Crippen LogP) is -0.526. The summed E-state index contributed by atoms with van der Waals surface area (Å²) < 4.78 is 0. The molecule has 0 aromatic rings. The van der Waals surface area contributed by atoms with Crippen LogP contribution in [0.15, 0.2) is 0 Å². The molecule has 0 spiro atoms. The second-order valence-electron chi connectivity index (χ2n) is 5.18. The average molecular weight is 271 g/mol. The monoisotopic (exact) mass is 271 g/mol. The summed E-state index contributed by atoms with van der Waals surface area (Å²) in [5.41, 5.74) is 0. The normalized spacial score (nSPS) is 18.9. The molecule has 1 aliphatic rings. The molecule has 0 saturated carbocycles. The summed E-state index contributed by atoms with van der Waals surface area (Å²) in [5.74, 6) is 0.0325. The molecule has 1 unspecified atom stereocenters. The number of rotatable bonds is 6. The Morgan fingerprint density at radius 2 is 1.95 bits per heavy atom.